The molecule has 0 amide bonds. The van der Waals surface area contributed by atoms with Gasteiger partial charge in [0.1, 0.15) is 0 Å². The van der Waals surface area contributed by atoms with Crippen LogP contribution in [0.5, 0.6) is 0 Å². The fourth-order valence-electron chi connectivity index (χ4n) is 2.30. The average Bonchev–Trinajstić information content (AvgIpc) is 2.39. The first-order valence-electron chi connectivity index (χ1n) is 6.87. The number of hydrogen-bond donors (Lipinski definition) is 1. The number of nitrogens with zero attached hydrogens (tertiary/aromatic N) is 1. The van der Waals surface area contributed by atoms with Crippen molar-refractivity contribution in [1.29, 1.82) is 0 Å². The number of aryl methyl sites for hydroxylation is 3. The van der Waals surface area contributed by atoms with Crippen LogP contribution < -0.4 is 5.73 Å². The first-order chi connectivity index (χ1) is 9.15. The summed E-state index contributed by atoms with van der Waals surface area (Å²) in [7, 11) is 0. The Morgan fingerprint density at radius 1 is 1.16 bits per heavy atom. The van der Waals surface area contributed by atoms with Crippen LogP contribution in [0.4, 0.5) is 0 Å². The molecule has 1 atom stereocenters. The maximum Gasteiger partial charge on any atom is 0.0448 e. The molecule has 0 aliphatic rings. The van der Waals surface area contributed by atoms with E-state index in [-0.39, 0.29) is 6.04 Å². The predicted octanol–water partition coefficient (Wildman–Crippen LogP) is 3.20. The molecule has 0 bridgehead atoms. The minimum absolute atomic E-state index is 0.175. The molecule has 100 valence electrons. The molecular weight excluding hydrogens is 232 g/mol. The summed E-state index contributed by atoms with van der Waals surface area (Å²) < 4.78 is 0. The zero-order valence-electron chi connectivity index (χ0n) is 11.8. The second-order valence-electron chi connectivity index (χ2n) is 5.26. The normalized spacial score (nSPS) is 12.4. The van der Waals surface area contributed by atoms with Gasteiger partial charge in [-0.15, -0.1) is 0 Å². The van der Waals surface area contributed by atoms with E-state index in [2.05, 4.69) is 49.2 Å². The van der Waals surface area contributed by atoms with Gasteiger partial charge in [-0.3, -0.25) is 4.98 Å². The second-order valence-corrected chi connectivity index (χ2v) is 5.26. The van der Waals surface area contributed by atoms with Crippen molar-refractivity contribution in [2.45, 2.75) is 39.2 Å². The van der Waals surface area contributed by atoms with E-state index in [0.29, 0.717) is 0 Å². The van der Waals surface area contributed by atoms with Crippen molar-refractivity contribution in [3.05, 3.63) is 65.0 Å². The summed E-state index contributed by atoms with van der Waals surface area (Å²) in [5.41, 5.74) is 11.3. The smallest absolute Gasteiger partial charge is 0.0448 e. The van der Waals surface area contributed by atoms with Crippen LogP contribution in [0.2, 0.25) is 0 Å². The van der Waals surface area contributed by atoms with Gasteiger partial charge in [0.25, 0.3) is 0 Å². The molecule has 1 aromatic heterocycles. The van der Waals surface area contributed by atoms with Gasteiger partial charge < -0.3 is 5.73 Å². The van der Waals surface area contributed by atoms with Crippen LogP contribution in [0.3, 0.4) is 0 Å². The summed E-state index contributed by atoms with van der Waals surface area (Å²) in [6, 6.07) is 12.9. The Kier molecular flexibility index (Phi) is 4.69. The molecule has 0 aliphatic carbocycles. The molecule has 0 radical (unpaired) electrons. The van der Waals surface area contributed by atoms with E-state index in [1.807, 2.05) is 12.3 Å². The van der Waals surface area contributed by atoms with E-state index < -0.39 is 0 Å². The maximum absolute atomic E-state index is 6.22. The quantitative estimate of drug-likeness (QED) is 0.890. The number of hydrogen-bond acceptors (Lipinski definition) is 2. The Bertz CT molecular complexity index is 534. The molecule has 0 spiro atoms. The molecule has 2 N–H and O–H groups in total. The third-order valence-corrected chi connectivity index (χ3v) is 3.46. The van der Waals surface area contributed by atoms with Gasteiger partial charge in [-0.1, -0.05) is 35.9 Å². The summed E-state index contributed by atoms with van der Waals surface area (Å²) in [6.07, 6.45) is 4.74. The van der Waals surface area contributed by atoms with E-state index in [4.69, 9.17) is 5.73 Å². The van der Waals surface area contributed by atoms with Gasteiger partial charge in [0.05, 0.1) is 0 Å². The molecule has 19 heavy (non-hydrogen) atoms. The molecule has 1 unspecified atom stereocenters. The third-order valence-electron chi connectivity index (χ3n) is 3.46. The lowest BCUT2D eigenvalue weighted by Crippen LogP contribution is -2.24. The Labute approximate surface area is 115 Å². The first-order valence-corrected chi connectivity index (χ1v) is 6.87. The Morgan fingerprint density at radius 3 is 2.74 bits per heavy atom. The van der Waals surface area contributed by atoms with Crippen LogP contribution in [0.1, 0.15) is 28.8 Å². The lowest BCUT2D eigenvalue weighted by atomic mass is 10.00. The number of pyridine rings is 1. The summed E-state index contributed by atoms with van der Waals surface area (Å²) in [5.74, 6) is 0. The van der Waals surface area contributed by atoms with Crippen molar-refractivity contribution in [2.24, 2.45) is 5.73 Å². The topological polar surface area (TPSA) is 38.9 Å². The zero-order valence-corrected chi connectivity index (χ0v) is 11.8. The van der Waals surface area contributed by atoms with Gasteiger partial charge >= 0.3 is 0 Å². The highest BCUT2D eigenvalue weighted by Crippen LogP contribution is 2.11. The van der Waals surface area contributed by atoms with Gasteiger partial charge in [-0.2, -0.15) is 0 Å². The molecule has 2 heteroatoms. The van der Waals surface area contributed by atoms with E-state index in [1.165, 1.54) is 16.7 Å². The minimum atomic E-state index is 0.175. The molecule has 2 nitrogen and oxygen atoms in total. The molecule has 2 rings (SSSR count). The minimum Gasteiger partial charge on any atom is -0.327 e. The van der Waals surface area contributed by atoms with Crippen LogP contribution in [0.15, 0.2) is 42.6 Å². The molecule has 1 heterocycles. The number of nitrogens with two attached hydrogens (primary N) is 1. The molecule has 1 aromatic carbocycles. The van der Waals surface area contributed by atoms with E-state index in [1.54, 1.807) is 0 Å². The van der Waals surface area contributed by atoms with Gasteiger partial charge in [-0.05, 0) is 43.9 Å². The lowest BCUT2D eigenvalue weighted by Gasteiger charge is -2.12. The zero-order chi connectivity index (χ0) is 13.7. The van der Waals surface area contributed by atoms with Crippen LogP contribution in [0, 0.1) is 13.8 Å². The van der Waals surface area contributed by atoms with Crippen LogP contribution in [-0.4, -0.2) is 11.0 Å². The van der Waals surface area contributed by atoms with Crippen molar-refractivity contribution in [3.63, 3.8) is 0 Å². The van der Waals surface area contributed by atoms with Gasteiger partial charge in [0, 0.05) is 24.4 Å². The fourth-order valence-corrected chi connectivity index (χ4v) is 2.30. The van der Waals surface area contributed by atoms with Gasteiger partial charge in [0.2, 0.25) is 0 Å². The lowest BCUT2D eigenvalue weighted by molar-refractivity contribution is 0.601. The molecular formula is C17H22N2. The third kappa shape index (κ3) is 4.18. The summed E-state index contributed by atoms with van der Waals surface area (Å²) in [4.78, 5) is 4.41. The highest BCUT2D eigenvalue weighted by atomic mass is 14.7. The second kappa shape index (κ2) is 6.48. The van der Waals surface area contributed by atoms with Gasteiger partial charge in [-0.25, -0.2) is 0 Å². The predicted molar refractivity (Wildman–Crippen MR) is 80.2 cm³/mol. The molecule has 0 saturated carbocycles. The summed E-state index contributed by atoms with van der Waals surface area (Å²) >= 11 is 0. The average molecular weight is 254 g/mol. The number of aromatic nitrogens is 1. The van der Waals surface area contributed by atoms with Crippen LogP contribution >= 0.6 is 0 Å². The van der Waals surface area contributed by atoms with Crippen LogP contribution in [0.25, 0.3) is 0 Å². The monoisotopic (exact) mass is 254 g/mol. The number of benzene rings is 1. The molecule has 0 aliphatic heterocycles. The fraction of sp³-hybridized carbons (Fsp3) is 0.353. The van der Waals surface area contributed by atoms with Crippen molar-refractivity contribution >= 4 is 0 Å². The summed E-state index contributed by atoms with van der Waals surface area (Å²) in [6.45, 7) is 4.22. The van der Waals surface area contributed by atoms with E-state index >= 15 is 0 Å². The van der Waals surface area contributed by atoms with Crippen LogP contribution in [-0.2, 0) is 12.8 Å². The highest BCUT2D eigenvalue weighted by Gasteiger charge is 2.07. The molecule has 0 fully saturated rings. The largest absolute Gasteiger partial charge is 0.327 e. The highest BCUT2D eigenvalue weighted by molar-refractivity contribution is 5.22. The van der Waals surface area contributed by atoms with Crippen molar-refractivity contribution in [2.75, 3.05) is 0 Å². The van der Waals surface area contributed by atoms with Gasteiger partial charge in [0.15, 0.2) is 0 Å². The molecule has 2 aromatic rings. The van der Waals surface area contributed by atoms with Crippen molar-refractivity contribution < 1.29 is 0 Å². The van der Waals surface area contributed by atoms with E-state index in [9.17, 15) is 0 Å². The van der Waals surface area contributed by atoms with Crippen molar-refractivity contribution in [1.82, 2.24) is 4.98 Å². The van der Waals surface area contributed by atoms with E-state index in [0.717, 1.165) is 25.0 Å². The Hall–Kier alpha value is -1.67. The Morgan fingerprint density at radius 2 is 2.00 bits per heavy atom. The number of rotatable bonds is 5. The van der Waals surface area contributed by atoms with Crippen molar-refractivity contribution in [3.8, 4) is 0 Å². The summed E-state index contributed by atoms with van der Waals surface area (Å²) in [5, 5.41) is 0. The Balaban J connectivity index is 1.88. The SMILES string of the molecule is Cc1cccc(CCC(N)Cc2ncccc2C)c1. The standard InChI is InChI=1S/C17H22N2/c1-13-5-3-7-15(11-13)8-9-16(18)12-17-14(2)6-4-10-19-17/h3-7,10-11,16H,8-9,12,18H2,1-2H3. The first kappa shape index (κ1) is 13.8. The maximum atomic E-state index is 6.22. The molecule has 0 saturated heterocycles.